The van der Waals surface area contributed by atoms with Crippen molar-refractivity contribution in [3.8, 4) is 6.07 Å². The first-order valence-corrected chi connectivity index (χ1v) is 5.18. The molecule has 0 bridgehead atoms. The summed E-state index contributed by atoms with van der Waals surface area (Å²) in [6.07, 6.45) is 1.53. The maximum absolute atomic E-state index is 12.0. The second-order valence-electron chi connectivity index (χ2n) is 4.14. The van der Waals surface area contributed by atoms with E-state index in [4.69, 9.17) is 5.26 Å². The lowest BCUT2D eigenvalue weighted by Crippen LogP contribution is -2.23. The van der Waals surface area contributed by atoms with Gasteiger partial charge in [0, 0.05) is 5.56 Å². The summed E-state index contributed by atoms with van der Waals surface area (Å²) in [5.74, 6) is -0.419. The Kier molecular flexibility index (Phi) is 2.32. The molecule has 0 heterocycles. The van der Waals surface area contributed by atoms with Gasteiger partial charge in [-0.05, 0) is 43.4 Å². The Morgan fingerprint density at radius 2 is 2.00 bits per heavy atom. The maximum atomic E-state index is 12.0. The number of carbonyl (C=O) groups is 1. The van der Waals surface area contributed by atoms with E-state index >= 15 is 0 Å². The van der Waals surface area contributed by atoms with Gasteiger partial charge in [0.1, 0.15) is 5.92 Å². The Morgan fingerprint density at radius 1 is 1.33 bits per heavy atom. The summed E-state index contributed by atoms with van der Waals surface area (Å²) in [5, 5.41) is 8.88. The van der Waals surface area contributed by atoms with Gasteiger partial charge in [-0.3, -0.25) is 4.79 Å². The number of fused-ring (bicyclic) bond motifs is 1. The quantitative estimate of drug-likeness (QED) is 0.644. The molecule has 76 valence electrons. The first-order chi connectivity index (χ1) is 7.15. The van der Waals surface area contributed by atoms with E-state index in [1.165, 1.54) is 5.56 Å². The zero-order valence-electron chi connectivity index (χ0n) is 9.00. The smallest absolute Gasteiger partial charge is 0.180 e. The zero-order valence-corrected chi connectivity index (χ0v) is 9.00. The molecule has 0 radical (unpaired) electrons. The predicted molar refractivity (Wildman–Crippen MR) is 57.7 cm³/mol. The topological polar surface area (TPSA) is 40.9 Å². The van der Waals surface area contributed by atoms with E-state index in [9.17, 15) is 4.79 Å². The van der Waals surface area contributed by atoms with E-state index in [1.54, 1.807) is 0 Å². The fourth-order valence-electron chi connectivity index (χ4n) is 2.25. The number of rotatable bonds is 0. The summed E-state index contributed by atoms with van der Waals surface area (Å²) in [6.45, 7) is 3.97. The molecule has 0 N–H and O–H groups in total. The van der Waals surface area contributed by atoms with Crippen molar-refractivity contribution in [2.45, 2.75) is 26.7 Å². The number of hydrogen-bond acceptors (Lipinski definition) is 2. The Labute approximate surface area is 89.5 Å². The van der Waals surface area contributed by atoms with Crippen LogP contribution in [0.25, 0.3) is 0 Å². The Hall–Kier alpha value is -1.62. The van der Waals surface area contributed by atoms with E-state index in [0.717, 1.165) is 23.1 Å². The molecule has 1 aromatic rings. The van der Waals surface area contributed by atoms with Crippen LogP contribution in [0.3, 0.4) is 0 Å². The largest absolute Gasteiger partial charge is 0.293 e. The molecule has 2 rings (SSSR count). The number of carbonyl (C=O) groups excluding carboxylic acids is 1. The van der Waals surface area contributed by atoms with Crippen LogP contribution in [0.15, 0.2) is 12.1 Å². The first-order valence-electron chi connectivity index (χ1n) is 5.18. The summed E-state index contributed by atoms with van der Waals surface area (Å²) in [6, 6.07) is 6.11. The minimum atomic E-state index is -0.432. The van der Waals surface area contributed by atoms with Gasteiger partial charge >= 0.3 is 0 Å². The lowest BCUT2D eigenvalue weighted by atomic mass is 9.80. The second-order valence-corrected chi connectivity index (χ2v) is 4.14. The molecule has 0 spiro atoms. The van der Waals surface area contributed by atoms with Crippen molar-refractivity contribution in [2.75, 3.05) is 0 Å². The van der Waals surface area contributed by atoms with Crippen molar-refractivity contribution >= 4 is 5.78 Å². The van der Waals surface area contributed by atoms with Crippen LogP contribution in [-0.4, -0.2) is 5.78 Å². The molecule has 1 aliphatic carbocycles. The molecule has 0 amide bonds. The van der Waals surface area contributed by atoms with Crippen molar-refractivity contribution in [2.24, 2.45) is 5.92 Å². The molecule has 2 nitrogen and oxygen atoms in total. The molecular formula is C13H13NO. The average Bonchev–Trinajstić information content (AvgIpc) is 2.23. The van der Waals surface area contributed by atoms with Crippen LogP contribution in [0.4, 0.5) is 0 Å². The van der Waals surface area contributed by atoms with Crippen molar-refractivity contribution in [3.05, 3.63) is 34.4 Å². The molecule has 0 saturated carbocycles. The Balaban J connectivity index is 2.61. The lowest BCUT2D eigenvalue weighted by molar-refractivity contribution is 0.0933. The molecule has 0 fully saturated rings. The SMILES string of the molecule is Cc1ccc(C)c2c1CCC(C#N)C2=O. The van der Waals surface area contributed by atoms with Gasteiger partial charge in [0.25, 0.3) is 0 Å². The van der Waals surface area contributed by atoms with Crippen molar-refractivity contribution in [3.63, 3.8) is 0 Å². The minimum Gasteiger partial charge on any atom is -0.293 e. The van der Waals surface area contributed by atoms with Gasteiger partial charge in [-0.15, -0.1) is 0 Å². The number of nitrogens with zero attached hydrogens (tertiary/aromatic N) is 1. The standard InChI is InChI=1S/C13H13NO/c1-8-3-4-9(2)12-11(8)6-5-10(7-14)13(12)15/h3-4,10H,5-6H2,1-2H3. The van der Waals surface area contributed by atoms with Gasteiger partial charge in [-0.2, -0.15) is 5.26 Å². The maximum Gasteiger partial charge on any atom is 0.180 e. The highest BCUT2D eigenvalue weighted by molar-refractivity contribution is 6.03. The van der Waals surface area contributed by atoms with Crippen LogP contribution in [0.2, 0.25) is 0 Å². The molecule has 0 aliphatic heterocycles. The Bertz CT molecular complexity index is 468. The van der Waals surface area contributed by atoms with Crippen LogP contribution in [0, 0.1) is 31.1 Å². The molecule has 15 heavy (non-hydrogen) atoms. The third-order valence-electron chi connectivity index (χ3n) is 3.16. The van der Waals surface area contributed by atoms with Crippen LogP contribution in [0.5, 0.6) is 0 Å². The van der Waals surface area contributed by atoms with E-state index in [0.29, 0.717) is 6.42 Å². The van der Waals surface area contributed by atoms with Crippen molar-refractivity contribution < 1.29 is 4.79 Å². The summed E-state index contributed by atoms with van der Waals surface area (Å²) in [4.78, 5) is 12.0. The molecular weight excluding hydrogens is 186 g/mol. The van der Waals surface area contributed by atoms with Crippen LogP contribution in [-0.2, 0) is 6.42 Å². The van der Waals surface area contributed by atoms with Gasteiger partial charge in [-0.1, -0.05) is 12.1 Å². The van der Waals surface area contributed by atoms with E-state index in [2.05, 4.69) is 6.07 Å². The van der Waals surface area contributed by atoms with E-state index < -0.39 is 5.92 Å². The number of benzene rings is 1. The fourth-order valence-corrected chi connectivity index (χ4v) is 2.25. The third-order valence-corrected chi connectivity index (χ3v) is 3.16. The van der Waals surface area contributed by atoms with Gasteiger partial charge in [0.15, 0.2) is 5.78 Å². The monoisotopic (exact) mass is 199 g/mol. The number of aryl methyl sites for hydroxylation is 2. The van der Waals surface area contributed by atoms with Crippen LogP contribution < -0.4 is 0 Å². The highest BCUT2D eigenvalue weighted by atomic mass is 16.1. The molecule has 1 aliphatic rings. The van der Waals surface area contributed by atoms with Crippen LogP contribution in [0.1, 0.15) is 33.5 Å². The summed E-state index contributed by atoms with van der Waals surface area (Å²) >= 11 is 0. The lowest BCUT2D eigenvalue weighted by Gasteiger charge is -2.22. The number of nitriles is 1. The molecule has 2 heteroatoms. The second kappa shape index (κ2) is 3.51. The zero-order chi connectivity index (χ0) is 11.0. The third kappa shape index (κ3) is 1.45. The predicted octanol–water partition coefficient (Wildman–Crippen LogP) is 2.57. The van der Waals surface area contributed by atoms with E-state index in [1.807, 2.05) is 26.0 Å². The first kappa shape index (κ1) is 9.92. The number of ketones is 1. The molecule has 1 unspecified atom stereocenters. The van der Waals surface area contributed by atoms with Gasteiger partial charge in [0.05, 0.1) is 6.07 Å². The van der Waals surface area contributed by atoms with Crippen molar-refractivity contribution in [1.82, 2.24) is 0 Å². The average molecular weight is 199 g/mol. The highest BCUT2D eigenvalue weighted by Gasteiger charge is 2.29. The molecule has 0 saturated heterocycles. The van der Waals surface area contributed by atoms with Gasteiger partial charge in [0.2, 0.25) is 0 Å². The fraction of sp³-hybridized carbons (Fsp3) is 0.385. The van der Waals surface area contributed by atoms with Gasteiger partial charge in [-0.25, -0.2) is 0 Å². The summed E-state index contributed by atoms with van der Waals surface area (Å²) in [5.41, 5.74) is 4.11. The van der Waals surface area contributed by atoms with Crippen molar-refractivity contribution in [1.29, 1.82) is 5.26 Å². The van der Waals surface area contributed by atoms with Gasteiger partial charge < -0.3 is 0 Å². The number of hydrogen-bond donors (Lipinski definition) is 0. The Morgan fingerprint density at radius 3 is 2.67 bits per heavy atom. The normalized spacial score (nSPS) is 19.5. The number of Topliss-reactive ketones (excluding diaryl/α,β-unsaturated/α-hetero) is 1. The minimum absolute atomic E-state index is 0.0138. The summed E-state index contributed by atoms with van der Waals surface area (Å²) < 4.78 is 0. The molecule has 1 aromatic carbocycles. The molecule has 1 atom stereocenters. The summed E-state index contributed by atoms with van der Waals surface area (Å²) in [7, 11) is 0. The molecule has 0 aromatic heterocycles. The van der Waals surface area contributed by atoms with E-state index in [-0.39, 0.29) is 5.78 Å². The van der Waals surface area contributed by atoms with Crippen LogP contribution >= 0.6 is 0 Å². The highest BCUT2D eigenvalue weighted by Crippen LogP contribution is 2.29.